The van der Waals surface area contributed by atoms with Crippen molar-refractivity contribution in [1.29, 1.82) is 0 Å². The average molecular weight is 349 g/mol. The predicted octanol–water partition coefficient (Wildman–Crippen LogP) is 2.52. The zero-order chi connectivity index (χ0) is 17.9. The Labute approximate surface area is 150 Å². The first-order valence-electron chi connectivity index (χ1n) is 9.49. The van der Waals surface area contributed by atoms with E-state index in [9.17, 15) is 4.79 Å². The molecule has 0 aromatic carbocycles. The molecule has 3 rings (SSSR count). The monoisotopic (exact) mass is 349 g/mol. The van der Waals surface area contributed by atoms with Crippen LogP contribution in [0.3, 0.4) is 0 Å². The van der Waals surface area contributed by atoms with Gasteiger partial charge in [0.2, 0.25) is 0 Å². The highest BCUT2D eigenvalue weighted by Crippen LogP contribution is 2.29. The van der Waals surface area contributed by atoms with Crippen LogP contribution in [0.5, 0.6) is 0 Å². The molecule has 2 heterocycles. The Balaban J connectivity index is 1.53. The van der Waals surface area contributed by atoms with Crippen LogP contribution in [-0.4, -0.2) is 51.5 Å². The van der Waals surface area contributed by atoms with Crippen molar-refractivity contribution in [3.63, 3.8) is 0 Å². The van der Waals surface area contributed by atoms with Crippen molar-refractivity contribution in [2.45, 2.75) is 71.1 Å². The van der Waals surface area contributed by atoms with Crippen molar-refractivity contribution in [1.82, 2.24) is 25.0 Å². The van der Waals surface area contributed by atoms with Crippen molar-refractivity contribution in [2.24, 2.45) is 5.92 Å². The molecule has 7 heteroatoms. The Morgan fingerprint density at radius 1 is 1.32 bits per heavy atom. The number of carbonyl (C=O) groups excluding carboxylic acids is 1. The average Bonchev–Trinajstić information content (AvgIpc) is 3.09. The molecule has 1 atom stereocenters. The molecule has 2 aliphatic rings. The van der Waals surface area contributed by atoms with Crippen LogP contribution in [0.15, 0.2) is 6.33 Å². The topological polar surface area (TPSA) is 72.3 Å². The second-order valence-corrected chi connectivity index (χ2v) is 8.17. The Morgan fingerprint density at radius 2 is 2.08 bits per heavy atom. The van der Waals surface area contributed by atoms with Gasteiger partial charge in [0.25, 0.3) is 0 Å². The Hall–Kier alpha value is -1.63. The summed E-state index contributed by atoms with van der Waals surface area (Å²) >= 11 is 0. The van der Waals surface area contributed by atoms with Crippen molar-refractivity contribution >= 4 is 6.03 Å². The van der Waals surface area contributed by atoms with Gasteiger partial charge in [0, 0.05) is 13.1 Å². The minimum absolute atomic E-state index is 0.0347. The number of urea groups is 1. The van der Waals surface area contributed by atoms with E-state index in [2.05, 4.69) is 36.2 Å². The summed E-state index contributed by atoms with van der Waals surface area (Å²) in [5.74, 6) is 1.38. The number of rotatable bonds is 3. The van der Waals surface area contributed by atoms with Crippen LogP contribution in [0.2, 0.25) is 0 Å². The first-order chi connectivity index (χ1) is 11.9. The molecular weight excluding hydrogens is 318 g/mol. The maximum atomic E-state index is 12.6. The number of hydrogen-bond donors (Lipinski definition) is 1. The van der Waals surface area contributed by atoms with Gasteiger partial charge in [-0.2, -0.15) is 5.10 Å². The van der Waals surface area contributed by atoms with Gasteiger partial charge in [-0.1, -0.05) is 19.3 Å². The molecule has 0 bridgehead atoms. The summed E-state index contributed by atoms with van der Waals surface area (Å²) in [5, 5.41) is 7.27. The molecule has 1 saturated heterocycles. The lowest BCUT2D eigenvalue weighted by Gasteiger charge is -2.38. The number of aromatic nitrogens is 3. The predicted molar refractivity (Wildman–Crippen MR) is 95.1 cm³/mol. The van der Waals surface area contributed by atoms with Gasteiger partial charge in [0.15, 0.2) is 0 Å². The number of amides is 2. The highest BCUT2D eigenvalue weighted by molar-refractivity contribution is 5.74. The summed E-state index contributed by atoms with van der Waals surface area (Å²) < 4.78 is 7.82. The van der Waals surface area contributed by atoms with Gasteiger partial charge in [-0.25, -0.2) is 14.5 Å². The van der Waals surface area contributed by atoms with Gasteiger partial charge in [-0.3, -0.25) is 0 Å². The molecule has 1 saturated carbocycles. The lowest BCUT2D eigenvalue weighted by atomic mass is 9.84. The first kappa shape index (κ1) is 18.2. The molecule has 2 fully saturated rings. The summed E-state index contributed by atoms with van der Waals surface area (Å²) in [6, 6.07) is -0.0347. The number of carbonyl (C=O) groups is 1. The van der Waals surface area contributed by atoms with E-state index in [-0.39, 0.29) is 17.7 Å². The van der Waals surface area contributed by atoms with Crippen molar-refractivity contribution < 1.29 is 9.53 Å². The van der Waals surface area contributed by atoms with E-state index in [1.165, 1.54) is 32.1 Å². The van der Waals surface area contributed by atoms with Crippen molar-refractivity contribution in [3.8, 4) is 0 Å². The largest absolute Gasteiger partial charge is 0.374 e. The molecule has 1 aromatic rings. The number of nitrogens with zero attached hydrogens (tertiary/aromatic N) is 4. The van der Waals surface area contributed by atoms with Crippen LogP contribution in [0.4, 0.5) is 4.79 Å². The summed E-state index contributed by atoms with van der Waals surface area (Å²) in [7, 11) is 0. The molecule has 0 unspecified atom stereocenters. The third kappa shape index (κ3) is 4.51. The Morgan fingerprint density at radius 3 is 2.80 bits per heavy atom. The van der Waals surface area contributed by atoms with E-state index < -0.39 is 0 Å². The maximum Gasteiger partial charge on any atom is 0.317 e. The minimum Gasteiger partial charge on any atom is -0.374 e. The number of morpholine rings is 1. The van der Waals surface area contributed by atoms with E-state index >= 15 is 0 Å². The normalized spacial score (nSPS) is 22.8. The van der Waals surface area contributed by atoms with Gasteiger partial charge in [0.1, 0.15) is 12.2 Å². The van der Waals surface area contributed by atoms with E-state index in [4.69, 9.17) is 4.74 Å². The zero-order valence-electron chi connectivity index (χ0n) is 15.7. The Bertz CT molecular complexity index is 574. The second kappa shape index (κ2) is 7.72. The van der Waals surface area contributed by atoms with Crippen LogP contribution in [-0.2, 0) is 16.8 Å². The third-order valence-corrected chi connectivity index (χ3v) is 5.21. The van der Waals surface area contributed by atoms with E-state index in [1.54, 1.807) is 6.33 Å². The van der Waals surface area contributed by atoms with Crippen molar-refractivity contribution in [3.05, 3.63) is 12.2 Å². The van der Waals surface area contributed by atoms with Crippen LogP contribution in [0.25, 0.3) is 0 Å². The lowest BCUT2D eigenvalue weighted by molar-refractivity contribution is -0.0525. The molecule has 7 nitrogen and oxygen atoms in total. The summed E-state index contributed by atoms with van der Waals surface area (Å²) in [6.45, 7) is 8.59. The van der Waals surface area contributed by atoms with Gasteiger partial charge in [-0.05, 0) is 39.5 Å². The quantitative estimate of drug-likeness (QED) is 0.910. The molecule has 140 valence electrons. The molecule has 1 aliphatic heterocycles. The van der Waals surface area contributed by atoms with Crippen molar-refractivity contribution in [2.75, 3.05) is 19.7 Å². The minimum atomic E-state index is -0.151. The molecule has 0 spiro atoms. The number of hydrogen-bond acceptors (Lipinski definition) is 4. The van der Waals surface area contributed by atoms with Crippen LogP contribution in [0.1, 0.15) is 58.7 Å². The lowest BCUT2D eigenvalue weighted by Crippen LogP contribution is -2.51. The van der Waals surface area contributed by atoms with Gasteiger partial charge < -0.3 is 15.0 Å². The second-order valence-electron chi connectivity index (χ2n) is 8.17. The molecule has 1 N–H and O–H groups in total. The SMILES string of the molecule is CC(C)(C)n1ncnc1CNC(=O)N1CCO[C@@H](C2CCCCC2)C1. The molecule has 1 aliphatic carbocycles. The van der Waals surface area contributed by atoms with Gasteiger partial charge >= 0.3 is 6.03 Å². The molecule has 0 radical (unpaired) electrons. The number of ether oxygens (including phenoxy) is 1. The fourth-order valence-corrected chi connectivity index (χ4v) is 3.86. The van der Waals surface area contributed by atoms with E-state index in [0.29, 0.717) is 32.2 Å². The maximum absolute atomic E-state index is 12.6. The highest BCUT2D eigenvalue weighted by atomic mass is 16.5. The molecule has 2 amide bonds. The van der Waals surface area contributed by atoms with Crippen LogP contribution in [0, 0.1) is 5.92 Å². The molecule has 25 heavy (non-hydrogen) atoms. The van der Waals surface area contributed by atoms with Gasteiger partial charge in [0.05, 0.1) is 24.8 Å². The van der Waals surface area contributed by atoms with E-state index in [1.807, 2.05) is 9.58 Å². The van der Waals surface area contributed by atoms with Gasteiger partial charge in [-0.15, -0.1) is 0 Å². The highest BCUT2D eigenvalue weighted by Gasteiger charge is 2.31. The smallest absolute Gasteiger partial charge is 0.317 e. The number of nitrogens with one attached hydrogen (secondary N) is 1. The zero-order valence-corrected chi connectivity index (χ0v) is 15.7. The fraction of sp³-hybridized carbons (Fsp3) is 0.833. The van der Waals surface area contributed by atoms with E-state index in [0.717, 1.165) is 5.82 Å². The first-order valence-corrected chi connectivity index (χ1v) is 9.49. The van der Waals surface area contributed by atoms with Crippen LogP contribution < -0.4 is 5.32 Å². The standard InChI is InChI=1S/C18H31N5O2/c1-18(2,3)23-16(20-13-21-23)11-19-17(24)22-9-10-25-15(12-22)14-7-5-4-6-8-14/h13-15H,4-12H2,1-3H3,(H,19,24)/t15-/m1/s1. The Kier molecular flexibility index (Phi) is 5.61. The summed E-state index contributed by atoms with van der Waals surface area (Å²) in [5.41, 5.74) is -0.151. The third-order valence-electron chi connectivity index (χ3n) is 5.21. The molecule has 1 aromatic heterocycles. The fourth-order valence-electron chi connectivity index (χ4n) is 3.86. The summed E-state index contributed by atoms with van der Waals surface area (Å²) in [4.78, 5) is 18.8. The summed E-state index contributed by atoms with van der Waals surface area (Å²) in [6.07, 6.45) is 8.11. The van der Waals surface area contributed by atoms with Crippen LogP contribution >= 0.6 is 0 Å². The molecular formula is C18H31N5O2.